The van der Waals surface area contributed by atoms with Gasteiger partial charge in [0.25, 0.3) is 0 Å². The van der Waals surface area contributed by atoms with Crippen LogP contribution >= 0.6 is 11.6 Å². The molecule has 0 spiro atoms. The van der Waals surface area contributed by atoms with Crippen LogP contribution in [0.5, 0.6) is 5.75 Å². The highest BCUT2D eigenvalue weighted by Gasteiger charge is 2.39. The van der Waals surface area contributed by atoms with E-state index in [4.69, 9.17) is 16.3 Å². The fraction of sp³-hybridized carbons (Fsp3) is 0.536. The van der Waals surface area contributed by atoms with Crippen LogP contribution in [0.3, 0.4) is 0 Å². The van der Waals surface area contributed by atoms with Gasteiger partial charge in [0.05, 0.1) is 6.61 Å². The second-order valence-electron chi connectivity index (χ2n) is 9.96. The van der Waals surface area contributed by atoms with Crippen LogP contribution in [0.4, 0.5) is 0 Å². The first-order valence-electron chi connectivity index (χ1n) is 12.2. The SMILES string of the molecule is CC[C@@H](C)CN1CCC[C@@](COc2ccc(Cl)c(C)c2)(CC(=O)N(C)Cc2ccccc2)C1. The predicted molar refractivity (Wildman–Crippen MR) is 137 cm³/mol. The molecule has 1 amide bonds. The smallest absolute Gasteiger partial charge is 0.223 e. The van der Waals surface area contributed by atoms with Crippen molar-refractivity contribution in [2.75, 3.05) is 33.3 Å². The van der Waals surface area contributed by atoms with Gasteiger partial charge in [0.2, 0.25) is 5.91 Å². The Morgan fingerprint density at radius 1 is 1.24 bits per heavy atom. The minimum absolute atomic E-state index is 0.181. The van der Waals surface area contributed by atoms with Gasteiger partial charge in [-0.2, -0.15) is 0 Å². The Kier molecular flexibility index (Phi) is 9.22. The quantitative estimate of drug-likeness (QED) is 0.414. The van der Waals surface area contributed by atoms with Crippen molar-refractivity contribution in [3.63, 3.8) is 0 Å². The summed E-state index contributed by atoms with van der Waals surface area (Å²) in [6, 6.07) is 16.0. The number of hydrogen-bond donors (Lipinski definition) is 0. The molecule has 4 nitrogen and oxygen atoms in total. The summed E-state index contributed by atoms with van der Waals surface area (Å²) in [5.41, 5.74) is 1.96. The van der Waals surface area contributed by atoms with Crippen LogP contribution in [0.15, 0.2) is 48.5 Å². The standard InChI is InChI=1S/C28H39ClN2O2/c1-5-22(2)18-31-15-9-14-28(20-31,21-33-25-12-13-26(29)23(3)16-25)17-27(32)30(4)19-24-10-7-6-8-11-24/h6-8,10-13,16,22H,5,9,14-15,17-21H2,1-4H3/t22-,28-/m1/s1. The molecule has 0 N–H and O–H groups in total. The zero-order valence-corrected chi connectivity index (χ0v) is 21.4. The highest BCUT2D eigenvalue weighted by atomic mass is 35.5. The third kappa shape index (κ3) is 7.48. The number of ether oxygens (including phenoxy) is 1. The number of piperidine rings is 1. The summed E-state index contributed by atoms with van der Waals surface area (Å²) in [5, 5.41) is 0.743. The zero-order valence-electron chi connectivity index (χ0n) is 20.6. The predicted octanol–water partition coefficient (Wildman–Crippen LogP) is 6.20. The molecular formula is C28H39ClN2O2. The topological polar surface area (TPSA) is 32.8 Å². The number of halogens is 1. The molecule has 0 aromatic heterocycles. The Hall–Kier alpha value is -2.04. The minimum atomic E-state index is -0.193. The van der Waals surface area contributed by atoms with Gasteiger partial charge >= 0.3 is 0 Å². The third-order valence-electron chi connectivity index (χ3n) is 6.90. The van der Waals surface area contributed by atoms with E-state index in [9.17, 15) is 4.79 Å². The summed E-state index contributed by atoms with van der Waals surface area (Å²) in [5.74, 6) is 1.65. The van der Waals surface area contributed by atoms with E-state index in [1.54, 1.807) is 0 Å². The van der Waals surface area contributed by atoms with Crippen molar-refractivity contribution >= 4 is 17.5 Å². The molecule has 2 atom stereocenters. The lowest BCUT2D eigenvalue weighted by Crippen LogP contribution is -2.49. The van der Waals surface area contributed by atoms with Crippen LogP contribution in [0.25, 0.3) is 0 Å². The van der Waals surface area contributed by atoms with Gasteiger partial charge < -0.3 is 14.5 Å². The van der Waals surface area contributed by atoms with Gasteiger partial charge in [-0.15, -0.1) is 0 Å². The molecule has 1 saturated heterocycles. The molecule has 2 aromatic carbocycles. The maximum Gasteiger partial charge on any atom is 0.223 e. The lowest BCUT2D eigenvalue weighted by molar-refractivity contribution is -0.135. The molecule has 1 fully saturated rings. The van der Waals surface area contributed by atoms with E-state index < -0.39 is 0 Å². The fourth-order valence-electron chi connectivity index (χ4n) is 4.69. The number of aryl methyl sites for hydroxylation is 1. The molecule has 0 aliphatic carbocycles. The van der Waals surface area contributed by atoms with Gasteiger partial charge in [0, 0.05) is 43.5 Å². The van der Waals surface area contributed by atoms with Gasteiger partial charge in [0.15, 0.2) is 0 Å². The number of carbonyl (C=O) groups is 1. The van der Waals surface area contributed by atoms with Gasteiger partial charge in [-0.3, -0.25) is 4.79 Å². The van der Waals surface area contributed by atoms with Gasteiger partial charge in [-0.25, -0.2) is 0 Å². The Balaban J connectivity index is 1.73. The maximum absolute atomic E-state index is 13.4. The first-order valence-corrected chi connectivity index (χ1v) is 12.6. The number of carbonyl (C=O) groups excluding carboxylic acids is 1. The summed E-state index contributed by atoms with van der Waals surface area (Å²) in [7, 11) is 1.91. The van der Waals surface area contributed by atoms with Crippen LogP contribution in [0.1, 0.15) is 50.7 Å². The number of benzene rings is 2. The Labute approximate surface area is 204 Å². The van der Waals surface area contributed by atoms with Crippen molar-refractivity contribution in [3.05, 3.63) is 64.7 Å². The van der Waals surface area contributed by atoms with Crippen molar-refractivity contribution in [1.82, 2.24) is 9.80 Å². The van der Waals surface area contributed by atoms with E-state index in [0.717, 1.165) is 54.4 Å². The Bertz CT molecular complexity index is 904. The molecule has 1 aliphatic heterocycles. The van der Waals surface area contributed by atoms with Crippen LogP contribution in [0.2, 0.25) is 5.02 Å². The van der Waals surface area contributed by atoms with Crippen molar-refractivity contribution in [2.45, 2.75) is 53.0 Å². The van der Waals surface area contributed by atoms with E-state index in [0.29, 0.717) is 25.5 Å². The highest BCUT2D eigenvalue weighted by molar-refractivity contribution is 6.31. The van der Waals surface area contributed by atoms with E-state index in [-0.39, 0.29) is 11.3 Å². The lowest BCUT2D eigenvalue weighted by Gasteiger charge is -2.43. The molecule has 5 heteroatoms. The van der Waals surface area contributed by atoms with Crippen molar-refractivity contribution < 1.29 is 9.53 Å². The molecule has 0 bridgehead atoms. The summed E-state index contributed by atoms with van der Waals surface area (Å²) in [6.07, 6.45) is 3.76. The monoisotopic (exact) mass is 470 g/mol. The third-order valence-corrected chi connectivity index (χ3v) is 7.32. The number of hydrogen-bond acceptors (Lipinski definition) is 3. The molecule has 1 heterocycles. The molecule has 33 heavy (non-hydrogen) atoms. The molecule has 0 unspecified atom stereocenters. The van der Waals surface area contributed by atoms with E-state index in [1.165, 1.54) is 6.42 Å². The van der Waals surface area contributed by atoms with Gasteiger partial charge in [0.1, 0.15) is 5.75 Å². The Morgan fingerprint density at radius 3 is 2.70 bits per heavy atom. The number of amides is 1. The molecule has 0 radical (unpaired) electrons. The summed E-state index contributed by atoms with van der Waals surface area (Å²) in [4.78, 5) is 17.7. The average molecular weight is 471 g/mol. The molecular weight excluding hydrogens is 432 g/mol. The Morgan fingerprint density at radius 2 is 2.00 bits per heavy atom. The van der Waals surface area contributed by atoms with E-state index in [2.05, 4.69) is 30.9 Å². The highest BCUT2D eigenvalue weighted by Crippen LogP contribution is 2.36. The van der Waals surface area contributed by atoms with Crippen molar-refractivity contribution in [1.29, 1.82) is 0 Å². The molecule has 1 aliphatic rings. The van der Waals surface area contributed by atoms with Gasteiger partial charge in [-0.1, -0.05) is 62.2 Å². The number of likely N-dealkylation sites (tertiary alicyclic amines) is 1. The summed E-state index contributed by atoms with van der Waals surface area (Å²) < 4.78 is 6.31. The summed E-state index contributed by atoms with van der Waals surface area (Å²) >= 11 is 6.20. The van der Waals surface area contributed by atoms with E-state index in [1.807, 2.05) is 55.3 Å². The lowest BCUT2D eigenvalue weighted by atomic mass is 9.77. The van der Waals surface area contributed by atoms with E-state index >= 15 is 0 Å². The molecule has 180 valence electrons. The normalized spacial score (nSPS) is 19.8. The van der Waals surface area contributed by atoms with Crippen LogP contribution in [-0.4, -0.2) is 49.0 Å². The zero-order chi connectivity index (χ0) is 23.8. The average Bonchev–Trinajstić information content (AvgIpc) is 2.80. The molecule has 3 rings (SSSR count). The first kappa shape index (κ1) is 25.6. The van der Waals surface area contributed by atoms with Crippen LogP contribution < -0.4 is 4.74 Å². The second-order valence-corrected chi connectivity index (χ2v) is 10.4. The molecule has 2 aromatic rings. The van der Waals surface area contributed by atoms with Crippen LogP contribution in [0, 0.1) is 18.3 Å². The number of nitrogens with zero attached hydrogens (tertiary/aromatic N) is 2. The molecule has 0 saturated carbocycles. The minimum Gasteiger partial charge on any atom is -0.493 e. The fourth-order valence-corrected chi connectivity index (χ4v) is 4.81. The summed E-state index contributed by atoms with van der Waals surface area (Å²) in [6.45, 7) is 10.8. The van der Waals surface area contributed by atoms with Gasteiger partial charge in [-0.05, 0) is 61.6 Å². The van der Waals surface area contributed by atoms with Crippen molar-refractivity contribution in [3.8, 4) is 5.75 Å². The number of rotatable bonds is 10. The first-order chi connectivity index (χ1) is 15.8. The largest absolute Gasteiger partial charge is 0.493 e. The van der Waals surface area contributed by atoms with Crippen LogP contribution in [-0.2, 0) is 11.3 Å². The maximum atomic E-state index is 13.4. The van der Waals surface area contributed by atoms with Crippen molar-refractivity contribution in [2.24, 2.45) is 11.3 Å². The second kappa shape index (κ2) is 11.9.